The molecule has 0 radical (unpaired) electrons. The van der Waals surface area contributed by atoms with E-state index in [4.69, 9.17) is 4.74 Å². The van der Waals surface area contributed by atoms with Crippen LogP contribution in [0.25, 0.3) is 0 Å². The molecule has 106 valence electrons. The van der Waals surface area contributed by atoms with Crippen LogP contribution in [0.3, 0.4) is 0 Å². The first-order valence-electron chi connectivity index (χ1n) is 7.33. The fourth-order valence-electron chi connectivity index (χ4n) is 2.79. The summed E-state index contributed by atoms with van der Waals surface area (Å²) in [4.78, 5) is 0. The summed E-state index contributed by atoms with van der Waals surface area (Å²) in [5.41, 5.74) is 0.652. The van der Waals surface area contributed by atoms with Crippen molar-refractivity contribution >= 4 is 0 Å². The number of likely N-dealkylation sites (N-methyl/N-ethyl adjacent to an activating group) is 1. The summed E-state index contributed by atoms with van der Waals surface area (Å²) in [6.07, 6.45) is 7.49. The molecule has 0 saturated heterocycles. The molecule has 0 amide bonds. The van der Waals surface area contributed by atoms with Gasteiger partial charge in [0.15, 0.2) is 0 Å². The van der Waals surface area contributed by atoms with Crippen molar-refractivity contribution in [2.45, 2.75) is 57.3 Å². The number of benzene rings is 1. The van der Waals surface area contributed by atoms with Gasteiger partial charge in [-0.2, -0.15) is 0 Å². The highest BCUT2D eigenvalue weighted by atomic mass is 19.1. The Bertz CT molecular complexity index is 383. The molecule has 3 heteroatoms. The Morgan fingerprint density at radius 1 is 1.16 bits per heavy atom. The quantitative estimate of drug-likeness (QED) is 0.897. The van der Waals surface area contributed by atoms with Gasteiger partial charge in [0, 0.05) is 11.6 Å². The average molecular weight is 265 g/mol. The van der Waals surface area contributed by atoms with Crippen molar-refractivity contribution in [2.75, 3.05) is 7.05 Å². The number of rotatable bonds is 4. The third kappa shape index (κ3) is 4.29. The molecule has 0 aliphatic heterocycles. The van der Waals surface area contributed by atoms with E-state index >= 15 is 0 Å². The van der Waals surface area contributed by atoms with E-state index in [0.717, 1.165) is 12.8 Å². The molecule has 2 unspecified atom stereocenters. The first kappa shape index (κ1) is 14.5. The van der Waals surface area contributed by atoms with E-state index in [-0.39, 0.29) is 11.9 Å². The number of hydrogen-bond acceptors (Lipinski definition) is 2. The van der Waals surface area contributed by atoms with Crippen molar-refractivity contribution in [1.29, 1.82) is 0 Å². The highest BCUT2D eigenvalue weighted by molar-refractivity contribution is 5.16. The van der Waals surface area contributed by atoms with Crippen LogP contribution in [-0.4, -0.2) is 19.2 Å². The van der Waals surface area contributed by atoms with Gasteiger partial charge in [-0.1, -0.05) is 43.9 Å². The molecule has 1 aromatic carbocycles. The normalized spacial score (nSPS) is 24.7. The second-order valence-electron chi connectivity index (χ2n) is 5.33. The van der Waals surface area contributed by atoms with Crippen LogP contribution < -0.4 is 5.32 Å². The number of halogens is 1. The van der Waals surface area contributed by atoms with Crippen LogP contribution in [0.1, 0.15) is 44.1 Å². The van der Waals surface area contributed by atoms with Crippen molar-refractivity contribution < 1.29 is 9.13 Å². The van der Waals surface area contributed by atoms with Gasteiger partial charge in [-0.25, -0.2) is 4.39 Å². The molecule has 0 heterocycles. The monoisotopic (exact) mass is 265 g/mol. The number of nitrogens with one attached hydrogen (secondary N) is 1. The SMILES string of the molecule is CNC1CCCCCCC1OCc1ccccc1F. The van der Waals surface area contributed by atoms with Gasteiger partial charge in [-0.3, -0.25) is 0 Å². The van der Waals surface area contributed by atoms with Crippen LogP contribution in [-0.2, 0) is 11.3 Å². The Morgan fingerprint density at radius 2 is 1.89 bits per heavy atom. The molecule has 1 saturated carbocycles. The Hall–Kier alpha value is -0.930. The zero-order valence-electron chi connectivity index (χ0n) is 11.7. The number of hydrogen-bond donors (Lipinski definition) is 1. The van der Waals surface area contributed by atoms with Crippen molar-refractivity contribution in [3.05, 3.63) is 35.6 Å². The third-order valence-corrected chi connectivity index (χ3v) is 3.98. The minimum atomic E-state index is -0.172. The van der Waals surface area contributed by atoms with Crippen molar-refractivity contribution in [3.63, 3.8) is 0 Å². The largest absolute Gasteiger partial charge is 0.372 e. The maximum Gasteiger partial charge on any atom is 0.128 e. The Morgan fingerprint density at radius 3 is 2.63 bits per heavy atom. The average Bonchev–Trinajstić information content (AvgIpc) is 2.40. The minimum Gasteiger partial charge on any atom is -0.372 e. The van der Waals surface area contributed by atoms with Crippen molar-refractivity contribution in [1.82, 2.24) is 5.32 Å². The molecule has 1 aliphatic rings. The highest BCUT2D eigenvalue weighted by Gasteiger charge is 2.22. The minimum absolute atomic E-state index is 0.172. The van der Waals surface area contributed by atoms with Crippen LogP contribution in [0, 0.1) is 5.82 Å². The summed E-state index contributed by atoms with van der Waals surface area (Å²) in [6, 6.07) is 7.26. The van der Waals surface area contributed by atoms with E-state index in [0.29, 0.717) is 18.2 Å². The molecular weight excluding hydrogens is 241 g/mol. The topological polar surface area (TPSA) is 21.3 Å². The Kier molecular flexibility index (Phi) is 5.80. The predicted octanol–water partition coefficient (Wildman–Crippen LogP) is 3.65. The van der Waals surface area contributed by atoms with Crippen LogP contribution in [0.5, 0.6) is 0 Å². The molecule has 19 heavy (non-hydrogen) atoms. The lowest BCUT2D eigenvalue weighted by atomic mass is 9.94. The molecule has 2 nitrogen and oxygen atoms in total. The van der Waals surface area contributed by atoms with E-state index < -0.39 is 0 Å². The van der Waals surface area contributed by atoms with Crippen molar-refractivity contribution in [3.8, 4) is 0 Å². The van der Waals surface area contributed by atoms with Gasteiger partial charge in [0.05, 0.1) is 12.7 Å². The molecule has 2 rings (SSSR count). The molecule has 2 atom stereocenters. The molecular formula is C16H24FNO. The molecule has 0 spiro atoms. The third-order valence-electron chi connectivity index (χ3n) is 3.98. The van der Waals surface area contributed by atoms with Gasteiger partial charge >= 0.3 is 0 Å². The zero-order valence-corrected chi connectivity index (χ0v) is 11.7. The summed E-state index contributed by atoms with van der Waals surface area (Å²) in [7, 11) is 1.99. The zero-order chi connectivity index (χ0) is 13.5. The second-order valence-corrected chi connectivity index (χ2v) is 5.33. The van der Waals surface area contributed by atoms with E-state index in [9.17, 15) is 4.39 Å². The summed E-state index contributed by atoms with van der Waals surface area (Å²) >= 11 is 0. The maximum atomic E-state index is 13.6. The van der Waals surface area contributed by atoms with Crippen LogP contribution >= 0.6 is 0 Å². The standard InChI is InChI=1S/C16H24FNO/c1-18-15-10-4-2-3-5-11-16(15)19-12-13-8-6-7-9-14(13)17/h6-9,15-16,18H,2-5,10-12H2,1H3. The Labute approximate surface area is 115 Å². The lowest BCUT2D eigenvalue weighted by molar-refractivity contribution is 0.00305. The van der Waals surface area contributed by atoms with Gasteiger partial charge < -0.3 is 10.1 Å². The predicted molar refractivity (Wildman–Crippen MR) is 75.5 cm³/mol. The molecule has 1 aromatic rings. The van der Waals surface area contributed by atoms with Crippen LogP contribution in [0.2, 0.25) is 0 Å². The lowest BCUT2D eigenvalue weighted by Crippen LogP contribution is -2.40. The molecule has 1 aliphatic carbocycles. The van der Waals surface area contributed by atoms with Gasteiger partial charge in [0.25, 0.3) is 0 Å². The van der Waals surface area contributed by atoms with Gasteiger partial charge in [0.2, 0.25) is 0 Å². The molecule has 0 bridgehead atoms. The Balaban J connectivity index is 1.93. The van der Waals surface area contributed by atoms with E-state index in [2.05, 4.69) is 5.32 Å². The first-order valence-corrected chi connectivity index (χ1v) is 7.33. The fraction of sp³-hybridized carbons (Fsp3) is 0.625. The van der Waals surface area contributed by atoms with Gasteiger partial charge in [0.1, 0.15) is 5.82 Å². The maximum absolute atomic E-state index is 13.6. The van der Waals surface area contributed by atoms with Crippen LogP contribution in [0.15, 0.2) is 24.3 Å². The number of ether oxygens (including phenoxy) is 1. The summed E-state index contributed by atoms with van der Waals surface area (Å²) in [5.74, 6) is -0.172. The summed E-state index contributed by atoms with van der Waals surface area (Å²) < 4.78 is 19.6. The van der Waals surface area contributed by atoms with E-state index in [1.165, 1.54) is 31.7 Å². The first-order chi connectivity index (χ1) is 9.31. The summed E-state index contributed by atoms with van der Waals surface area (Å²) in [6.45, 7) is 0.371. The van der Waals surface area contributed by atoms with Crippen molar-refractivity contribution in [2.24, 2.45) is 0 Å². The smallest absolute Gasteiger partial charge is 0.128 e. The van der Waals surface area contributed by atoms with Crippen LogP contribution in [0.4, 0.5) is 4.39 Å². The fourth-order valence-corrected chi connectivity index (χ4v) is 2.79. The van der Waals surface area contributed by atoms with Gasteiger partial charge in [-0.05, 0) is 26.0 Å². The van der Waals surface area contributed by atoms with E-state index in [1.54, 1.807) is 12.1 Å². The second kappa shape index (κ2) is 7.61. The van der Waals surface area contributed by atoms with Gasteiger partial charge in [-0.15, -0.1) is 0 Å². The lowest BCUT2D eigenvalue weighted by Gasteiger charge is -2.29. The highest BCUT2D eigenvalue weighted by Crippen LogP contribution is 2.21. The molecule has 1 fully saturated rings. The summed E-state index contributed by atoms with van der Waals surface area (Å²) in [5, 5.41) is 3.35. The van der Waals surface area contributed by atoms with E-state index in [1.807, 2.05) is 13.1 Å². The molecule has 0 aromatic heterocycles. The molecule has 1 N–H and O–H groups in total.